The van der Waals surface area contributed by atoms with Crippen molar-refractivity contribution in [2.45, 2.75) is 13.2 Å². The van der Waals surface area contributed by atoms with Crippen LogP contribution in [-0.4, -0.2) is 45.2 Å². The van der Waals surface area contributed by atoms with E-state index in [-0.39, 0.29) is 17.3 Å². The van der Waals surface area contributed by atoms with Crippen molar-refractivity contribution in [3.63, 3.8) is 0 Å². The zero-order valence-electron chi connectivity index (χ0n) is 15.1. The number of hydrogen-bond acceptors (Lipinski definition) is 2. The van der Waals surface area contributed by atoms with Gasteiger partial charge in [0.05, 0.1) is 5.69 Å². The van der Waals surface area contributed by atoms with Crippen LogP contribution in [0.5, 0.6) is 5.75 Å². The third-order valence-corrected chi connectivity index (χ3v) is 4.75. The lowest BCUT2D eigenvalue weighted by Crippen LogP contribution is -3.28. The molecule has 2 aromatic carbocycles. The van der Waals surface area contributed by atoms with E-state index < -0.39 is 6.61 Å². The molecule has 1 fully saturated rings. The predicted molar refractivity (Wildman–Crippen MR) is 98.1 cm³/mol. The van der Waals surface area contributed by atoms with Gasteiger partial charge in [0.25, 0.3) is 5.91 Å². The molecule has 7 heteroatoms. The van der Waals surface area contributed by atoms with Crippen LogP contribution in [-0.2, 0) is 11.3 Å². The van der Waals surface area contributed by atoms with Gasteiger partial charge in [-0.25, -0.2) is 0 Å². The van der Waals surface area contributed by atoms with Crippen molar-refractivity contribution in [3.05, 3.63) is 60.2 Å². The van der Waals surface area contributed by atoms with E-state index in [9.17, 15) is 13.6 Å². The number of piperazine rings is 1. The van der Waals surface area contributed by atoms with Crippen molar-refractivity contribution in [2.24, 2.45) is 0 Å². The predicted octanol–water partition coefficient (Wildman–Crippen LogP) is 0.210. The molecule has 144 valence electrons. The Morgan fingerprint density at radius 2 is 1.59 bits per heavy atom. The van der Waals surface area contributed by atoms with Crippen molar-refractivity contribution in [1.29, 1.82) is 0 Å². The lowest BCUT2D eigenvalue weighted by atomic mass is 10.2. The Morgan fingerprint density at radius 3 is 2.30 bits per heavy atom. The molecule has 1 aliphatic rings. The molecule has 0 aromatic heterocycles. The maximum absolute atomic E-state index is 12.5. The van der Waals surface area contributed by atoms with Crippen molar-refractivity contribution in [2.75, 3.05) is 38.0 Å². The van der Waals surface area contributed by atoms with Gasteiger partial charge in [0, 0.05) is 5.56 Å². The SMILES string of the molecule is O=C(C[NH+]1CC[NH+](Cc2ccccc2)CC1)Nc1ccccc1OC(F)F. The van der Waals surface area contributed by atoms with Gasteiger partial charge >= 0.3 is 6.61 Å². The molecule has 0 aliphatic carbocycles. The Labute approximate surface area is 157 Å². The first-order valence-corrected chi connectivity index (χ1v) is 9.15. The zero-order valence-corrected chi connectivity index (χ0v) is 15.1. The van der Waals surface area contributed by atoms with E-state index in [2.05, 4.69) is 34.3 Å². The highest BCUT2D eigenvalue weighted by Crippen LogP contribution is 2.25. The number of carbonyl (C=O) groups excluding carboxylic acids is 1. The van der Waals surface area contributed by atoms with Crippen LogP contribution >= 0.6 is 0 Å². The molecule has 3 N–H and O–H groups in total. The summed E-state index contributed by atoms with van der Waals surface area (Å²) in [5.41, 5.74) is 1.60. The summed E-state index contributed by atoms with van der Waals surface area (Å²) >= 11 is 0. The largest absolute Gasteiger partial charge is 0.433 e. The second kappa shape index (κ2) is 9.43. The Morgan fingerprint density at radius 1 is 0.963 bits per heavy atom. The van der Waals surface area contributed by atoms with Crippen LogP contribution in [0.1, 0.15) is 5.56 Å². The topological polar surface area (TPSA) is 47.2 Å². The van der Waals surface area contributed by atoms with Crippen molar-refractivity contribution < 1.29 is 28.1 Å². The number of amides is 1. The first kappa shape index (κ1) is 19.3. The molecule has 1 aliphatic heterocycles. The second-order valence-electron chi connectivity index (χ2n) is 6.76. The highest BCUT2D eigenvalue weighted by atomic mass is 19.3. The quantitative estimate of drug-likeness (QED) is 0.646. The van der Waals surface area contributed by atoms with Crippen LogP contribution in [0, 0.1) is 0 Å². The molecule has 0 bridgehead atoms. The van der Waals surface area contributed by atoms with Gasteiger partial charge in [-0.2, -0.15) is 8.78 Å². The Kier molecular flexibility index (Phi) is 6.73. The smallest absolute Gasteiger partial charge is 0.387 e. The monoisotopic (exact) mass is 377 g/mol. The second-order valence-corrected chi connectivity index (χ2v) is 6.76. The van der Waals surface area contributed by atoms with Crippen molar-refractivity contribution in [3.8, 4) is 5.75 Å². The molecule has 0 spiro atoms. The molecule has 0 atom stereocenters. The number of para-hydroxylation sites is 2. The molecule has 5 nitrogen and oxygen atoms in total. The van der Waals surface area contributed by atoms with Crippen molar-refractivity contribution in [1.82, 2.24) is 0 Å². The zero-order chi connectivity index (χ0) is 19.1. The summed E-state index contributed by atoms with van der Waals surface area (Å²) in [5, 5.41) is 2.69. The molecular weight excluding hydrogens is 352 g/mol. The maximum atomic E-state index is 12.5. The average molecular weight is 377 g/mol. The van der Waals surface area contributed by atoms with Crippen LogP contribution in [0.4, 0.5) is 14.5 Å². The number of hydrogen-bond donors (Lipinski definition) is 3. The minimum atomic E-state index is -2.92. The third-order valence-electron chi connectivity index (χ3n) is 4.75. The summed E-state index contributed by atoms with van der Waals surface area (Å²) in [4.78, 5) is 15.0. The number of quaternary nitrogens is 2. The number of alkyl halides is 2. The molecule has 27 heavy (non-hydrogen) atoms. The molecule has 0 saturated carbocycles. The summed E-state index contributed by atoms with van der Waals surface area (Å²) in [7, 11) is 0. The normalized spacial score (nSPS) is 19.7. The summed E-state index contributed by atoms with van der Waals surface area (Å²) in [5.74, 6) is -0.213. The van der Waals surface area contributed by atoms with Gasteiger partial charge in [-0.05, 0) is 12.1 Å². The number of nitrogens with one attached hydrogen (secondary N) is 3. The van der Waals surface area contributed by atoms with Gasteiger partial charge in [0.2, 0.25) is 0 Å². The molecule has 1 amide bonds. The number of halogens is 2. The Balaban J connectivity index is 1.46. The number of carbonyl (C=O) groups is 1. The maximum Gasteiger partial charge on any atom is 0.387 e. The van der Waals surface area contributed by atoms with E-state index >= 15 is 0 Å². The molecule has 1 heterocycles. The fourth-order valence-electron chi connectivity index (χ4n) is 3.39. The molecule has 0 unspecified atom stereocenters. The van der Waals surface area contributed by atoms with Gasteiger partial charge < -0.3 is 19.9 Å². The van der Waals surface area contributed by atoms with Gasteiger partial charge in [0.1, 0.15) is 38.5 Å². The van der Waals surface area contributed by atoms with E-state index in [1.165, 1.54) is 21.4 Å². The van der Waals surface area contributed by atoms with Gasteiger partial charge in [-0.3, -0.25) is 4.79 Å². The lowest BCUT2D eigenvalue weighted by molar-refractivity contribution is -1.02. The van der Waals surface area contributed by atoms with E-state index in [1.807, 2.05) is 6.07 Å². The van der Waals surface area contributed by atoms with E-state index in [1.54, 1.807) is 18.2 Å². The van der Waals surface area contributed by atoms with Crippen LogP contribution in [0.15, 0.2) is 54.6 Å². The van der Waals surface area contributed by atoms with Crippen LogP contribution in [0.25, 0.3) is 0 Å². The fourth-order valence-corrected chi connectivity index (χ4v) is 3.39. The number of rotatable bonds is 7. The Bertz CT molecular complexity index is 735. The fraction of sp³-hybridized carbons (Fsp3) is 0.350. The highest BCUT2D eigenvalue weighted by Gasteiger charge is 2.25. The van der Waals surface area contributed by atoms with E-state index in [4.69, 9.17) is 0 Å². The van der Waals surface area contributed by atoms with Gasteiger partial charge in [0.15, 0.2) is 6.54 Å². The van der Waals surface area contributed by atoms with Crippen LogP contribution in [0.2, 0.25) is 0 Å². The number of benzene rings is 2. The standard InChI is InChI=1S/C20H23F2N3O2/c21-20(22)27-18-9-5-4-8-17(18)23-19(26)15-25-12-10-24(11-13-25)14-16-6-2-1-3-7-16/h1-9,20H,10-15H2,(H,23,26)/p+2. The minimum absolute atomic E-state index is 0.0204. The third kappa shape index (κ3) is 6.01. The summed E-state index contributed by atoms with van der Waals surface area (Å²) in [6, 6.07) is 16.6. The minimum Gasteiger partial charge on any atom is -0.433 e. The average Bonchev–Trinajstić information content (AvgIpc) is 2.65. The highest BCUT2D eigenvalue weighted by molar-refractivity contribution is 5.92. The summed E-state index contributed by atoms with van der Waals surface area (Å²) in [6.07, 6.45) is 0. The molecular formula is C20H25F2N3O2+2. The van der Waals surface area contributed by atoms with Crippen LogP contribution < -0.4 is 19.9 Å². The Hall–Kier alpha value is -2.51. The molecule has 2 aromatic rings. The molecule has 1 saturated heterocycles. The number of anilines is 1. The molecule has 3 rings (SSSR count). The number of ether oxygens (including phenoxy) is 1. The van der Waals surface area contributed by atoms with Crippen molar-refractivity contribution >= 4 is 11.6 Å². The van der Waals surface area contributed by atoms with Gasteiger partial charge in [-0.1, -0.05) is 42.5 Å². The first-order chi connectivity index (χ1) is 13.1. The summed E-state index contributed by atoms with van der Waals surface area (Å²) in [6.45, 7) is 2.22. The first-order valence-electron chi connectivity index (χ1n) is 9.15. The van der Waals surface area contributed by atoms with Gasteiger partial charge in [-0.15, -0.1) is 0 Å². The molecule has 0 radical (unpaired) electrons. The van der Waals surface area contributed by atoms with E-state index in [0.717, 1.165) is 32.7 Å². The summed E-state index contributed by atoms with van der Waals surface area (Å²) < 4.78 is 29.4. The van der Waals surface area contributed by atoms with Crippen LogP contribution in [0.3, 0.4) is 0 Å². The lowest BCUT2D eigenvalue weighted by Gasteiger charge is -2.29. The van der Waals surface area contributed by atoms with E-state index in [0.29, 0.717) is 6.54 Å².